The maximum atomic E-state index is 12.4. The molecule has 1 aliphatic heterocycles. The Labute approximate surface area is 176 Å². The van der Waals surface area contributed by atoms with Crippen molar-refractivity contribution < 1.29 is 18.3 Å². The monoisotopic (exact) mass is 437 g/mol. The number of nitrogens with zero attached hydrogens (tertiary/aromatic N) is 2. The number of thiol groups is 1. The number of urea groups is 1. The van der Waals surface area contributed by atoms with Gasteiger partial charge in [-0.25, -0.2) is 17.5 Å². The van der Waals surface area contributed by atoms with Crippen molar-refractivity contribution in [3.63, 3.8) is 0 Å². The van der Waals surface area contributed by atoms with Crippen molar-refractivity contribution in [2.75, 3.05) is 18.0 Å². The van der Waals surface area contributed by atoms with Crippen LogP contribution in [0.4, 0.5) is 16.2 Å². The Bertz CT molecular complexity index is 988. The van der Waals surface area contributed by atoms with Gasteiger partial charge in [-0.15, -0.1) is 0 Å². The van der Waals surface area contributed by atoms with Gasteiger partial charge < -0.3 is 10.8 Å². The van der Waals surface area contributed by atoms with Crippen molar-refractivity contribution in [3.05, 3.63) is 52.5 Å². The number of carbonyl (C=O) groups excluding carboxylic acids is 1. The Balaban J connectivity index is 2.10. The lowest BCUT2D eigenvalue weighted by Gasteiger charge is -2.31. The van der Waals surface area contributed by atoms with E-state index in [0.29, 0.717) is 42.1 Å². The number of piperidine rings is 1. The van der Waals surface area contributed by atoms with Gasteiger partial charge in [0.2, 0.25) is 10.9 Å². The summed E-state index contributed by atoms with van der Waals surface area (Å²) < 4.78 is 24.2. The van der Waals surface area contributed by atoms with Crippen LogP contribution in [0.3, 0.4) is 0 Å². The molecule has 3 N–H and O–H groups in total. The lowest BCUT2D eigenvalue weighted by molar-refractivity contribution is 0.256. The topological polar surface area (TPSA) is 104 Å². The molecule has 1 fully saturated rings. The molecule has 1 aliphatic rings. The maximum Gasteiger partial charge on any atom is 0.324 e. The van der Waals surface area contributed by atoms with Crippen LogP contribution in [-0.4, -0.2) is 37.0 Å². The van der Waals surface area contributed by atoms with Crippen LogP contribution in [0, 0.1) is 0 Å². The third-order valence-electron chi connectivity index (χ3n) is 5.26. The predicted octanol–water partition coefficient (Wildman–Crippen LogP) is 3.53. The number of para-hydroxylation sites is 1. The molecule has 2 aromatic rings. The molecule has 3 rings (SSSR count). The van der Waals surface area contributed by atoms with Crippen LogP contribution in [0.25, 0.3) is 0 Å². The van der Waals surface area contributed by atoms with Gasteiger partial charge in [-0.05, 0) is 43.0 Å². The minimum absolute atomic E-state index is 0.157. The largest absolute Gasteiger partial charge is 0.505 e. The highest BCUT2D eigenvalue weighted by molar-refractivity contribution is 7.69. The van der Waals surface area contributed by atoms with Crippen LogP contribution < -0.4 is 10.6 Å². The molecule has 29 heavy (non-hydrogen) atoms. The molecule has 0 saturated carbocycles. The van der Waals surface area contributed by atoms with Crippen LogP contribution in [0.1, 0.15) is 36.8 Å². The number of phenolic OH excluding ortho intramolecular Hbond substituents is 1. The molecule has 9 heteroatoms. The number of carbonyl (C=O) groups is 1. The first kappa shape index (κ1) is 21.4. The van der Waals surface area contributed by atoms with Gasteiger partial charge in [0.15, 0.2) is 0 Å². The second-order valence-corrected chi connectivity index (χ2v) is 8.42. The average Bonchev–Trinajstić information content (AvgIpc) is 2.70. The minimum Gasteiger partial charge on any atom is -0.505 e. The zero-order valence-corrected chi connectivity index (χ0v) is 17.7. The fourth-order valence-corrected chi connectivity index (χ4v) is 4.82. The summed E-state index contributed by atoms with van der Waals surface area (Å²) in [5.74, 6) is -0.435. The second kappa shape index (κ2) is 9.02. The van der Waals surface area contributed by atoms with Crippen LogP contribution in [-0.2, 0) is 17.3 Å². The van der Waals surface area contributed by atoms with Crippen LogP contribution in [0.2, 0.25) is 5.02 Å². The van der Waals surface area contributed by atoms with E-state index in [1.54, 1.807) is 24.3 Å². The molecule has 2 amide bonds. The number of aryl methyl sites for hydroxylation is 1. The molecule has 1 atom stereocenters. The Morgan fingerprint density at radius 3 is 2.66 bits per heavy atom. The molecule has 7 nitrogen and oxygen atoms in total. The SMILES string of the molecule is CCc1ccccc1N(C(N)=O)c1ccc(Cl)c(C2CCCN([SH](=O)=O)C2)c1O. The van der Waals surface area contributed by atoms with E-state index in [9.17, 15) is 18.3 Å². The standard InChI is InChI=1S/C20H24ClN3O4S/c1-2-13-6-3-4-8-16(13)24(20(22)26)17-10-9-15(21)18(19(17)25)14-7-5-11-23(12-14)29(27)28/h3-4,6,8-10,14,25,29H,2,5,7,11-12H2,1H3,(H2,22,26). The molecule has 0 aliphatic carbocycles. The zero-order chi connectivity index (χ0) is 21.1. The summed E-state index contributed by atoms with van der Waals surface area (Å²) in [5, 5.41) is 11.4. The summed E-state index contributed by atoms with van der Waals surface area (Å²) in [6.07, 6.45) is 2.01. The van der Waals surface area contributed by atoms with E-state index in [0.717, 1.165) is 5.56 Å². The van der Waals surface area contributed by atoms with Gasteiger partial charge in [-0.1, -0.05) is 36.7 Å². The molecule has 156 valence electrons. The molecular weight excluding hydrogens is 414 g/mol. The third-order valence-corrected chi connectivity index (χ3v) is 6.41. The number of primary amides is 1. The van der Waals surface area contributed by atoms with Gasteiger partial charge in [0, 0.05) is 29.6 Å². The van der Waals surface area contributed by atoms with E-state index in [1.807, 2.05) is 19.1 Å². The quantitative estimate of drug-likeness (QED) is 0.622. The number of amides is 2. The first-order chi connectivity index (χ1) is 13.8. The van der Waals surface area contributed by atoms with Gasteiger partial charge in [-0.3, -0.25) is 4.90 Å². The number of anilines is 2. The molecule has 0 radical (unpaired) electrons. The summed E-state index contributed by atoms with van der Waals surface area (Å²) in [6, 6.07) is 9.74. The lowest BCUT2D eigenvalue weighted by Crippen LogP contribution is -2.34. The molecule has 1 heterocycles. The van der Waals surface area contributed by atoms with E-state index < -0.39 is 16.9 Å². The smallest absolute Gasteiger partial charge is 0.324 e. The fourth-order valence-electron chi connectivity index (χ4n) is 3.88. The number of phenols is 1. The first-order valence-corrected chi connectivity index (χ1v) is 10.9. The van der Waals surface area contributed by atoms with E-state index in [4.69, 9.17) is 17.3 Å². The van der Waals surface area contributed by atoms with Gasteiger partial charge in [0.05, 0.1) is 11.4 Å². The van der Waals surface area contributed by atoms with Crippen molar-refractivity contribution in [2.24, 2.45) is 5.73 Å². The molecular formula is C20H24ClN3O4S. The zero-order valence-electron chi connectivity index (χ0n) is 16.0. The summed E-state index contributed by atoms with van der Waals surface area (Å²) in [4.78, 5) is 13.6. The summed E-state index contributed by atoms with van der Waals surface area (Å²) >= 11 is 6.39. The molecule has 0 aromatic heterocycles. The van der Waals surface area contributed by atoms with Gasteiger partial charge >= 0.3 is 6.03 Å². The lowest BCUT2D eigenvalue weighted by atomic mass is 9.90. The van der Waals surface area contributed by atoms with Crippen molar-refractivity contribution in [3.8, 4) is 5.75 Å². The Hall–Kier alpha value is -2.29. The Kier molecular flexibility index (Phi) is 6.66. The highest BCUT2D eigenvalue weighted by Gasteiger charge is 2.30. The maximum absolute atomic E-state index is 12.4. The Morgan fingerprint density at radius 2 is 2.00 bits per heavy atom. The van der Waals surface area contributed by atoms with Crippen molar-refractivity contribution in [1.29, 1.82) is 0 Å². The van der Waals surface area contributed by atoms with Crippen molar-refractivity contribution >= 4 is 39.9 Å². The summed E-state index contributed by atoms with van der Waals surface area (Å²) in [7, 11) is -2.70. The number of halogens is 1. The minimum atomic E-state index is -2.70. The van der Waals surface area contributed by atoms with Gasteiger partial charge in [0.1, 0.15) is 5.75 Å². The highest BCUT2D eigenvalue weighted by atomic mass is 35.5. The van der Waals surface area contributed by atoms with Gasteiger partial charge in [0.25, 0.3) is 0 Å². The number of aromatic hydroxyl groups is 1. The van der Waals surface area contributed by atoms with Gasteiger partial charge in [-0.2, -0.15) is 0 Å². The van der Waals surface area contributed by atoms with E-state index >= 15 is 0 Å². The van der Waals surface area contributed by atoms with Crippen LogP contribution in [0.5, 0.6) is 5.75 Å². The number of hydrogen-bond acceptors (Lipinski definition) is 4. The highest BCUT2D eigenvalue weighted by Crippen LogP contribution is 2.45. The summed E-state index contributed by atoms with van der Waals surface area (Å²) in [6.45, 7) is 2.65. The molecule has 0 spiro atoms. The normalized spacial score (nSPS) is 17.4. The number of benzene rings is 2. The first-order valence-electron chi connectivity index (χ1n) is 9.43. The van der Waals surface area contributed by atoms with E-state index in [2.05, 4.69) is 0 Å². The molecule has 1 saturated heterocycles. The predicted molar refractivity (Wildman–Crippen MR) is 115 cm³/mol. The third kappa shape index (κ3) is 4.34. The van der Waals surface area contributed by atoms with Crippen LogP contribution in [0.15, 0.2) is 36.4 Å². The molecule has 0 bridgehead atoms. The molecule has 1 unspecified atom stereocenters. The second-order valence-electron chi connectivity index (χ2n) is 6.97. The number of hydrogen-bond donors (Lipinski definition) is 3. The number of nitrogens with two attached hydrogens (primary N) is 1. The van der Waals surface area contributed by atoms with E-state index in [-0.39, 0.29) is 23.9 Å². The summed E-state index contributed by atoms with van der Waals surface area (Å²) in [5.41, 5.74) is 7.82. The Morgan fingerprint density at radius 1 is 1.28 bits per heavy atom. The van der Waals surface area contributed by atoms with E-state index in [1.165, 1.54) is 9.21 Å². The van der Waals surface area contributed by atoms with Crippen molar-refractivity contribution in [1.82, 2.24) is 4.31 Å². The fraction of sp³-hybridized carbons (Fsp3) is 0.350. The molecule has 2 aromatic carbocycles. The van der Waals surface area contributed by atoms with Crippen molar-refractivity contribution in [2.45, 2.75) is 32.1 Å². The van der Waals surface area contributed by atoms with Crippen LogP contribution >= 0.6 is 11.6 Å². The number of rotatable bonds is 5. The average molecular weight is 438 g/mol.